The van der Waals surface area contributed by atoms with Crippen LogP contribution in [0.1, 0.15) is 49.9 Å². The second kappa shape index (κ2) is 14.8. The molecule has 0 aliphatic heterocycles. The van der Waals surface area contributed by atoms with Crippen molar-refractivity contribution in [2.24, 2.45) is 0 Å². The van der Waals surface area contributed by atoms with Crippen molar-refractivity contribution in [3.63, 3.8) is 0 Å². The van der Waals surface area contributed by atoms with Crippen molar-refractivity contribution in [1.82, 2.24) is 0 Å². The second-order valence-electron chi connectivity index (χ2n) is 20.8. The van der Waals surface area contributed by atoms with E-state index in [1.54, 1.807) is 0 Å². The van der Waals surface area contributed by atoms with E-state index in [4.69, 9.17) is 8.83 Å². The van der Waals surface area contributed by atoms with Crippen molar-refractivity contribution in [3.05, 3.63) is 241 Å². The monoisotopic (exact) mass is 924 g/mol. The summed E-state index contributed by atoms with van der Waals surface area (Å²) in [6, 6.07) is 79.6. The van der Waals surface area contributed by atoms with Crippen LogP contribution < -0.4 is 9.80 Å². The van der Waals surface area contributed by atoms with Crippen LogP contribution in [0.2, 0.25) is 0 Å². The minimum absolute atomic E-state index is 0.0915. The van der Waals surface area contributed by atoms with Crippen molar-refractivity contribution in [1.29, 1.82) is 0 Å². The van der Waals surface area contributed by atoms with Gasteiger partial charge in [-0.2, -0.15) is 0 Å². The molecule has 342 valence electrons. The number of para-hydroxylation sites is 2. The molecule has 2 aromatic heterocycles. The first kappa shape index (κ1) is 41.0. The summed E-state index contributed by atoms with van der Waals surface area (Å²) in [4.78, 5) is 4.81. The summed E-state index contributed by atoms with van der Waals surface area (Å²) in [5.41, 5.74) is 20.1. The predicted octanol–water partition coefficient (Wildman–Crippen LogP) is 19.3. The van der Waals surface area contributed by atoms with Gasteiger partial charge in [0.2, 0.25) is 0 Å². The van der Waals surface area contributed by atoms with Gasteiger partial charge in [0.15, 0.2) is 0 Å². The van der Waals surface area contributed by atoms with E-state index in [0.717, 1.165) is 99.5 Å². The van der Waals surface area contributed by atoms with Gasteiger partial charge >= 0.3 is 0 Å². The van der Waals surface area contributed by atoms with Crippen molar-refractivity contribution in [2.75, 3.05) is 9.80 Å². The molecule has 0 amide bonds. The van der Waals surface area contributed by atoms with E-state index in [1.165, 1.54) is 44.5 Å². The third-order valence-corrected chi connectivity index (χ3v) is 16.2. The highest BCUT2D eigenvalue weighted by atomic mass is 16.3. The van der Waals surface area contributed by atoms with Crippen molar-refractivity contribution >= 4 is 99.5 Å². The van der Waals surface area contributed by atoms with E-state index >= 15 is 0 Å². The van der Waals surface area contributed by atoms with Crippen LogP contribution in [0.3, 0.4) is 0 Å². The SMILES string of the molecule is CC1(C)c2ccccc2-c2cc(N(c3ccccc3)c3cc4oc5ccc6oc7cc(N(c8ccccc8)c8ccc9c(c8)-c8ccccc8C9(C)C)c8ccccc8c7c6c5c4c4ccccc34)ccc21. The molecule has 2 heterocycles. The van der Waals surface area contributed by atoms with Crippen molar-refractivity contribution < 1.29 is 8.83 Å². The van der Waals surface area contributed by atoms with Gasteiger partial charge in [0.25, 0.3) is 0 Å². The second-order valence-corrected chi connectivity index (χ2v) is 20.8. The third-order valence-electron chi connectivity index (χ3n) is 16.2. The summed E-state index contributed by atoms with van der Waals surface area (Å²) >= 11 is 0. The predicted molar refractivity (Wildman–Crippen MR) is 301 cm³/mol. The molecule has 0 spiro atoms. The Hall–Kier alpha value is -8.86. The van der Waals surface area contributed by atoms with Crippen LogP contribution in [0.4, 0.5) is 34.1 Å². The molecule has 72 heavy (non-hydrogen) atoms. The maximum Gasteiger partial charge on any atom is 0.138 e. The number of fused-ring (bicyclic) bond motifs is 17. The van der Waals surface area contributed by atoms with Crippen molar-refractivity contribution in [2.45, 2.75) is 38.5 Å². The molecular weight excluding hydrogens is 877 g/mol. The number of benzene rings is 11. The molecular formula is C68H48N2O2. The molecule has 2 aliphatic rings. The Bertz CT molecular complexity index is 4120. The van der Waals surface area contributed by atoms with E-state index in [9.17, 15) is 0 Å². The summed E-state index contributed by atoms with van der Waals surface area (Å²) in [6.07, 6.45) is 0. The van der Waals surface area contributed by atoms with Gasteiger partial charge in [-0.15, -0.1) is 0 Å². The minimum Gasteiger partial charge on any atom is -0.456 e. The van der Waals surface area contributed by atoms with Gasteiger partial charge in [0.05, 0.1) is 11.4 Å². The van der Waals surface area contributed by atoms with Crippen LogP contribution in [0, 0.1) is 0 Å². The zero-order chi connectivity index (χ0) is 48.0. The number of rotatable bonds is 6. The highest BCUT2D eigenvalue weighted by Crippen LogP contribution is 2.55. The van der Waals surface area contributed by atoms with Crippen LogP contribution >= 0.6 is 0 Å². The summed E-state index contributed by atoms with van der Waals surface area (Å²) < 4.78 is 14.2. The number of anilines is 6. The fraction of sp³-hybridized carbons (Fsp3) is 0.0882. The Morgan fingerprint density at radius 3 is 1.07 bits per heavy atom. The molecule has 0 radical (unpaired) electrons. The molecule has 11 aromatic carbocycles. The van der Waals surface area contributed by atoms with E-state index in [-0.39, 0.29) is 10.8 Å². The van der Waals surface area contributed by atoms with E-state index in [2.05, 4.69) is 256 Å². The van der Waals surface area contributed by atoms with E-state index < -0.39 is 0 Å². The van der Waals surface area contributed by atoms with E-state index in [0.29, 0.717) is 0 Å². The first-order chi connectivity index (χ1) is 35.2. The number of nitrogens with zero attached hydrogens (tertiary/aromatic N) is 2. The fourth-order valence-corrected chi connectivity index (χ4v) is 12.9. The summed E-state index contributed by atoms with van der Waals surface area (Å²) in [5, 5.41) is 8.79. The molecule has 4 heteroatoms. The molecule has 0 N–H and O–H groups in total. The first-order valence-electron chi connectivity index (χ1n) is 25.1. The fourth-order valence-electron chi connectivity index (χ4n) is 12.9. The molecule has 0 fully saturated rings. The maximum absolute atomic E-state index is 7.09. The molecule has 2 aliphatic carbocycles. The third kappa shape index (κ3) is 5.63. The largest absolute Gasteiger partial charge is 0.456 e. The Balaban J connectivity index is 0.963. The molecule has 0 unspecified atom stereocenters. The number of hydrogen-bond donors (Lipinski definition) is 0. The normalized spacial score (nSPS) is 14.1. The van der Waals surface area contributed by atoms with Gasteiger partial charge in [-0.25, -0.2) is 0 Å². The molecule has 4 nitrogen and oxygen atoms in total. The van der Waals surface area contributed by atoms with Crippen LogP contribution in [0.25, 0.3) is 87.7 Å². The first-order valence-corrected chi connectivity index (χ1v) is 25.1. The highest BCUT2D eigenvalue weighted by molar-refractivity contribution is 6.35. The minimum atomic E-state index is -0.0915. The van der Waals surface area contributed by atoms with Gasteiger partial charge in [0, 0.05) is 78.0 Å². The molecule has 13 aromatic rings. The molecule has 0 bridgehead atoms. The lowest BCUT2D eigenvalue weighted by atomic mass is 9.82. The average molecular weight is 925 g/mol. The lowest BCUT2D eigenvalue weighted by molar-refractivity contribution is 0.660. The maximum atomic E-state index is 7.09. The van der Waals surface area contributed by atoms with Crippen LogP contribution in [0.5, 0.6) is 0 Å². The Morgan fingerprint density at radius 2 is 0.639 bits per heavy atom. The Labute approximate surface area is 417 Å². The lowest BCUT2D eigenvalue weighted by Crippen LogP contribution is -2.15. The van der Waals surface area contributed by atoms with Gasteiger partial charge in [-0.1, -0.05) is 173 Å². The van der Waals surface area contributed by atoms with Crippen LogP contribution in [0.15, 0.2) is 227 Å². The summed E-state index contributed by atoms with van der Waals surface area (Å²) in [5.74, 6) is 0. The average Bonchev–Trinajstić information content (AvgIpc) is 4.12. The number of hydrogen-bond acceptors (Lipinski definition) is 4. The molecule has 15 rings (SSSR count). The number of furan rings is 2. The summed E-state index contributed by atoms with van der Waals surface area (Å²) in [7, 11) is 0. The van der Waals surface area contributed by atoms with Gasteiger partial charge in [0.1, 0.15) is 22.3 Å². The van der Waals surface area contributed by atoms with Crippen LogP contribution in [-0.2, 0) is 10.8 Å². The Kier molecular flexibility index (Phi) is 8.44. The van der Waals surface area contributed by atoms with E-state index in [1.807, 2.05) is 0 Å². The smallest absolute Gasteiger partial charge is 0.138 e. The quantitative estimate of drug-likeness (QED) is 0.166. The Morgan fingerprint density at radius 1 is 0.278 bits per heavy atom. The zero-order valence-corrected chi connectivity index (χ0v) is 40.5. The molecule has 0 atom stereocenters. The van der Waals surface area contributed by atoms with Gasteiger partial charge in [-0.05, 0) is 116 Å². The van der Waals surface area contributed by atoms with Gasteiger partial charge in [-0.3, -0.25) is 0 Å². The molecule has 0 saturated carbocycles. The van der Waals surface area contributed by atoms with Crippen LogP contribution in [-0.4, -0.2) is 0 Å². The standard InChI is InChI=1S/C68H48N2O2/c1-67(2)53-29-17-15-23-45(53)51-37-43(31-33-55(51)67)69(41-19-7-5-8-20-41)57-39-61-63(49-27-13-11-25-47(49)57)65-59(71-61)35-36-60-66(65)64-50-28-14-12-26-48(50)58(40-62(64)72-60)70(42-21-9-6-10-22-42)44-32-34-56-52(38-44)46-24-16-18-30-54(46)68(56,3)4/h5-40H,1-4H3. The zero-order valence-electron chi connectivity index (χ0n) is 40.5. The highest BCUT2D eigenvalue weighted by Gasteiger charge is 2.37. The topological polar surface area (TPSA) is 32.8 Å². The summed E-state index contributed by atoms with van der Waals surface area (Å²) in [6.45, 7) is 9.36. The molecule has 0 saturated heterocycles. The lowest BCUT2D eigenvalue weighted by Gasteiger charge is -2.28. The van der Waals surface area contributed by atoms with Crippen molar-refractivity contribution in [3.8, 4) is 22.3 Å². The van der Waals surface area contributed by atoms with Gasteiger partial charge < -0.3 is 18.6 Å².